The normalized spacial score (nSPS) is 19.4. The maximum Gasteiger partial charge on any atom is 0.125 e. The zero-order valence-electron chi connectivity index (χ0n) is 15.0. The maximum atomic E-state index is 4.92. The smallest absolute Gasteiger partial charge is 0.125 e. The average Bonchev–Trinajstić information content (AvgIpc) is 3.30. The molecule has 0 fully saturated rings. The van der Waals surface area contributed by atoms with Gasteiger partial charge in [-0.2, -0.15) is 5.10 Å². The van der Waals surface area contributed by atoms with Crippen molar-refractivity contribution in [3.63, 3.8) is 0 Å². The van der Waals surface area contributed by atoms with Crippen molar-refractivity contribution in [3.05, 3.63) is 96.1 Å². The van der Waals surface area contributed by atoms with E-state index in [4.69, 9.17) is 5.10 Å². The molecule has 1 aliphatic heterocycles. The van der Waals surface area contributed by atoms with E-state index >= 15 is 0 Å². The van der Waals surface area contributed by atoms with Crippen molar-refractivity contribution in [2.75, 3.05) is 7.05 Å². The van der Waals surface area contributed by atoms with E-state index in [2.05, 4.69) is 52.8 Å². The molecule has 132 valence electrons. The van der Waals surface area contributed by atoms with Gasteiger partial charge in [0.1, 0.15) is 11.6 Å². The molecule has 0 unspecified atom stereocenters. The molecule has 0 spiro atoms. The number of fused-ring (bicyclic) bond motifs is 1. The number of rotatable bonds is 3. The molecule has 5 rings (SSSR count). The predicted octanol–water partition coefficient (Wildman–Crippen LogP) is 4.06. The quantitative estimate of drug-likeness (QED) is 0.558. The van der Waals surface area contributed by atoms with Crippen LogP contribution in [0, 0.1) is 0 Å². The van der Waals surface area contributed by atoms with Gasteiger partial charge in [-0.25, -0.2) is 4.68 Å². The van der Waals surface area contributed by atoms with Crippen LogP contribution in [-0.2, 0) is 0 Å². The van der Waals surface area contributed by atoms with Crippen LogP contribution in [0.2, 0.25) is 0 Å². The van der Waals surface area contributed by atoms with Crippen molar-refractivity contribution in [1.29, 1.82) is 0 Å². The van der Waals surface area contributed by atoms with Crippen molar-refractivity contribution in [2.24, 2.45) is 5.10 Å². The molecule has 0 bridgehead atoms. The number of benzene rings is 3. The summed E-state index contributed by atoms with van der Waals surface area (Å²) in [6.45, 7) is 0. The Morgan fingerprint density at radius 2 is 1.41 bits per heavy atom. The lowest BCUT2D eigenvalue weighted by Gasteiger charge is -2.26. The molecule has 1 aromatic heterocycles. The zero-order chi connectivity index (χ0) is 18.2. The van der Waals surface area contributed by atoms with Crippen molar-refractivity contribution >= 4 is 16.7 Å². The van der Waals surface area contributed by atoms with Crippen LogP contribution in [0.5, 0.6) is 0 Å². The third-order valence-corrected chi connectivity index (χ3v) is 5.10. The molecule has 3 aromatic carbocycles. The topological polar surface area (TPSA) is 46.3 Å². The van der Waals surface area contributed by atoms with E-state index in [9.17, 15) is 0 Å². The first-order valence-electron chi connectivity index (χ1n) is 9.04. The zero-order valence-corrected chi connectivity index (χ0v) is 15.0. The second-order valence-corrected chi connectivity index (χ2v) is 6.75. The molecule has 2 atom stereocenters. The number of hydrazone groups is 1. The van der Waals surface area contributed by atoms with Crippen molar-refractivity contribution in [2.45, 2.75) is 12.1 Å². The van der Waals surface area contributed by atoms with Crippen LogP contribution in [-0.4, -0.2) is 32.8 Å². The van der Waals surface area contributed by atoms with Crippen molar-refractivity contribution in [1.82, 2.24) is 20.0 Å². The minimum Gasteiger partial charge on any atom is -0.290 e. The Morgan fingerprint density at radius 3 is 2.19 bits per heavy atom. The molecule has 0 N–H and O–H groups in total. The molecule has 5 heteroatoms. The molecular weight excluding hydrogens is 334 g/mol. The summed E-state index contributed by atoms with van der Waals surface area (Å²) in [5, 5.41) is 15.9. The number of nitrogens with zero attached hydrogens (tertiary/aromatic N) is 5. The maximum absolute atomic E-state index is 4.92. The highest BCUT2D eigenvalue weighted by Crippen LogP contribution is 2.40. The Kier molecular flexibility index (Phi) is 3.71. The van der Waals surface area contributed by atoms with Gasteiger partial charge in [0.2, 0.25) is 0 Å². The van der Waals surface area contributed by atoms with Gasteiger partial charge in [-0.15, -0.1) is 5.10 Å². The Labute approximate surface area is 157 Å². The van der Waals surface area contributed by atoms with Crippen LogP contribution in [0.15, 0.2) is 90.0 Å². The molecule has 27 heavy (non-hydrogen) atoms. The molecule has 0 amide bonds. The molecule has 1 aliphatic rings. The first kappa shape index (κ1) is 15.8. The Hall–Kier alpha value is -3.47. The van der Waals surface area contributed by atoms with E-state index in [1.54, 1.807) is 0 Å². The molecule has 0 saturated carbocycles. The lowest BCUT2D eigenvalue weighted by atomic mass is 9.93. The van der Waals surface area contributed by atoms with Gasteiger partial charge in [0.25, 0.3) is 0 Å². The number of hydrogen-bond acceptors (Lipinski definition) is 4. The number of hydrogen-bond donors (Lipinski definition) is 0. The van der Waals surface area contributed by atoms with E-state index < -0.39 is 0 Å². The summed E-state index contributed by atoms with van der Waals surface area (Å²) in [6, 6.07) is 28.9. The van der Waals surface area contributed by atoms with Gasteiger partial charge in [-0.1, -0.05) is 78.0 Å². The molecule has 0 aliphatic carbocycles. The van der Waals surface area contributed by atoms with E-state index in [-0.39, 0.29) is 12.1 Å². The second kappa shape index (κ2) is 6.36. The van der Waals surface area contributed by atoms with Gasteiger partial charge in [-0.05, 0) is 17.7 Å². The van der Waals surface area contributed by atoms with Crippen LogP contribution >= 0.6 is 0 Å². The number of likely N-dealkylation sites (N-methyl/N-ethyl adjacent to an activating group) is 1. The molecule has 5 nitrogen and oxygen atoms in total. The fourth-order valence-electron chi connectivity index (χ4n) is 3.87. The Morgan fingerprint density at radius 1 is 0.741 bits per heavy atom. The predicted molar refractivity (Wildman–Crippen MR) is 106 cm³/mol. The monoisotopic (exact) mass is 353 g/mol. The van der Waals surface area contributed by atoms with Crippen LogP contribution in [0.3, 0.4) is 0 Å². The van der Waals surface area contributed by atoms with Gasteiger partial charge >= 0.3 is 0 Å². The van der Waals surface area contributed by atoms with E-state index in [1.807, 2.05) is 59.2 Å². The van der Waals surface area contributed by atoms with Crippen molar-refractivity contribution in [3.8, 4) is 0 Å². The van der Waals surface area contributed by atoms with Crippen molar-refractivity contribution < 1.29 is 0 Å². The number of aromatic nitrogens is 3. The third-order valence-electron chi connectivity index (χ3n) is 5.10. The summed E-state index contributed by atoms with van der Waals surface area (Å²) in [4.78, 5) is 0. The average molecular weight is 353 g/mol. The van der Waals surface area contributed by atoms with Gasteiger partial charge in [-0.3, -0.25) is 5.01 Å². The minimum absolute atomic E-state index is 0.0477. The first-order valence-corrected chi connectivity index (χ1v) is 9.04. The highest BCUT2D eigenvalue weighted by molar-refractivity contribution is 6.05. The van der Waals surface area contributed by atoms with Gasteiger partial charge < -0.3 is 0 Å². The Bertz CT molecular complexity index is 1100. The molecular formula is C22H19N5. The second-order valence-electron chi connectivity index (χ2n) is 6.75. The highest BCUT2D eigenvalue weighted by Gasteiger charge is 2.40. The summed E-state index contributed by atoms with van der Waals surface area (Å²) < 4.78 is 2.02. The first-order chi connectivity index (χ1) is 13.3. The summed E-state index contributed by atoms with van der Waals surface area (Å²) >= 11 is 0. The fraction of sp³-hybridized carbons (Fsp3) is 0.136. The van der Waals surface area contributed by atoms with Crippen LogP contribution in [0.25, 0.3) is 11.0 Å². The molecule has 4 aromatic rings. The summed E-state index contributed by atoms with van der Waals surface area (Å²) in [7, 11) is 2.03. The highest BCUT2D eigenvalue weighted by atomic mass is 15.5. The SMILES string of the molecule is CN1N=C(c2ccccc2)[C@H](n2nnc3ccccc32)[C@@H]1c1ccccc1. The largest absolute Gasteiger partial charge is 0.290 e. The van der Waals surface area contributed by atoms with E-state index in [1.165, 1.54) is 5.56 Å². The van der Waals surface area contributed by atoms with E-state index in [0.717, 1.165) is 22.3 Å². The molecule has 0 radical (unpaired) electrons. The molecule has 2 heterocycles. The lowest BCUT2D eigenvalue weighted by molar-refractivity contribution is 0.244. The van der Waals surface area contributed by atoms with Crippen LogP contribution in [0.1, 0.15) is 23.2 Å². The van der Waals surface area contributed by atoms with Crippen LogP contribution < -0.4 is 0 Å². The summed E-state index contributed by atoms with van der Waals surface area (Å²) in [5.74, 6) is 0. The molecule has 0 saturated heterocycles. The Balaban J connectivity index is 1.71. The standard InChI is InChI=1S/C22H19N5/c1-26-21(17-12-6-3-7-13-17)22(20(24-26)16-10-4-2-5-11-16)27-19-15-9-8-14-18(19)23-25-27/h2-15,21-22H,1H3/t21-,22-/m0/s1. The van der Waals surface area contributed by atoms with Gasteiger partial charge in [0, 0.05) is 12.6 Å². The van der Waals surface area contributed by atoms with Gasteiger partial charge in [0.15, 0.2) is 0 Å². The third kappa shape index (κ3) is 2.59. The minimum atomic E-state index is -0.0628. The lowest BCUT2D eigenvalue weighted by Crippen LogP contribution is -2.27. The van der Waals surface area contributed by atoms with Gasteiger partial charge in [0.05, 0.1) is 17.3 Å². The summed E-state index contributed by atoms with van der Waals surface area (Å²) in [5.41, 5.74) is 5.22. The van der Waals surface area contributed by atoms with Crippen LogP contribution in [0.4, 0.5) is 0 Å². The fourth-order valence-corrected chi connectivity index (χ4v) is 3.87. The summed E-state index contributed by atoms with van der Waals surface area (Å²) in [6.07, 6.45) is 0. The van der Waals surface area contributed by atoms with E-state index in [0.29, 0.717) is 0 Å². The number of para-hydroxylation sites is 1.